The number of ether oxygens (including phenoxy) is 2. The van der Waals surface area contributed by atoms with E-state index in [2.05, 4.69) is 0 Å². The molecule has 0 bridgehead atoms. The van der Waals surface area contributed by atoms with Crippen LogP contribution in [0.4, 0.5) is 5.69 Å². The van der Waals surface area contributed by atoms with Crippen molar-refractivity contribution in [2.75, 3.05) is 13.7 Å². The molecule has 0 heterocycles. The lowest BCUT2D eigenvalue weighted by molar-refractivity contribution is -0.385. The van der Waals surface area contributed by atoms with Gasteiger partial charge in [-0.2, -0.15) is 0 Å². The Balaban J connectivity index is 3.31. The highest BCUT2D eigenvalue weighted by molar-refractivity contribution is 8.13. The molecule has 1 aromatic carbocycles. The summed E-state index contributed by atoms with van der Waals surface area (Å²) in [6, 6.07) is 2.10. The van der Waals surface area contributed by atoms with Gasteiger partial charge in [-0.25, -0.2) is 8.42 Å². The van der Waals surface area contributed by atoms with E-state index in [9.17, 15) is 18.5 Å². The molecular weight excluding hydrogens is 310 g/mol. The van der Waals surface area contributed by atoms with E-state index in [0.29, 0.717) is 5.56 Å². The zero-order valence-electron chi connectivity index (χ0n) is 11.1. The molecule has 1 rings (SSSR count). The number of aryl methyl sites for hydroxylation is 1. The fourth-order valence-corrected chi connectivity index (χ4v) is 2.51. The summed E-state index contributed by atoms with van der Waals surface area (Å²) in [4.78, 5) is 9.65. The highest BCUT2D eigenvalue weighted by Crippen LogP contribution is 2.34. The number of hydrogen-bond acceptors (Lipinski definition) is 6. The topological polar surface area (TPSA) is 95.7 Å². The van der Waals surface area contributed by atoms with E-state index in [0.717, 1.165) is 6.07 Å². The summed E-state index contributed by atoms with van der Waals surface area (Å²) < 4.78 is 33.4. The van der Waals surface area contributed by atoms with Gasteiger partial charge in [0.2, 0.25) is 0 Å². The Morgan fingerprint density at radius 2 is 2.05 bits per heavy atom. The molecule has 7 nitrogen and oxygen atoms in total. The minimum Gasteiger partial charge on any atom is -0.489 e. The van der Waals surface area contributed by atoms with Gasteiger partial charge in [0.1, 0.15) is 17.3 Å². The van der Waals surface area contributed by atoms with Gasteiger partial charge in [0, 0.05) is 29.9 Å². The number of nitro benzene ring substituents is 1. The highest BCUT2D eigenvalue weighted by atomic mass is 35.7. The monoisotopic (exact) mass is 323 g/mol. The van der Waals surface area contributed by atoms with Crippen molar-refractivity contribution in [3.05, 3.63) is 27.8 Å². The molecule has 0 radical (unpaired) electrons. The second-order valence-electron chi connectivity index (χ2n) is 4.14. The molecule has 0 saturated heterocycles. The maximum Gasteiger partial charge on any atom is 0.271 e. The maximum atomic E-state index is 11.5. The van der Waals surface area contributed by atoms with Crippen molar-refractivity contribution in [3.8, 4) is 5.75 Å². The van der Waals surface area contributed by atoms with Gasteiger partial charge < -0.3 is 9.47 Å². The number of rotatable bonds is 6. The molecule has 0 fully saturated rings. The van der Waals surface area contributed by atoms with Crippen LogP contribution in [0.25, 0.3) is 0 Å². The Morgan fingerprint density at radius 1 is 1.45 bits per heavy atom. The number of non-ortho nitro benzene ring substituents is 1. The van der Waals surface area contributed by atoms with Crippen LogP contribution in [0.3, 0.4) is 0 Å². The van der Waals surface area contributed by atoms with Crippen LogP contribution < -0.4 is 4.74 Å². The molecule has 0 saturated carbocycles. The molecule has 1 aromatic rings. The lowest BCUT2D eigenvalue weighted by atomic mass is 10.2. The third-order valence-corrected chi connectivity index (χ3v) is 3.89. The van der Waals surface area contributed by atoms with Gasteiger partial charge in [0.05, 0.1) is 11.0 Å². The van der Waals surface area contributed by atoms with Gasteiger partial charge >= 0.3 is 0 Å². The van der Waals surface area contributed by atoms with E-state index in [1.54, 1.807) is 6.92 Å². The number of halogens is 1. The Morgan fingerprint density at radius 3 is 2.50 bits per heavy atom. The number of nitrogens with zero attached hydrogens (tertiary/aromatic N) is 1. The first kappa shape index (κ1) is 16.7. The van der Waals surface area contributed by atoms with Crippen LogP contribution in [-0.2, 0) is 13.8 Å². The molecule has 9 heteroatoms. The molecular formula is C11H14ClNO6S. The molecule has 0 spiro atoms. The Hall–Kier alpha value is -1.38. The SMILES string of the molecule is COC(C)COc1c(C)cc([N+](=O)[O-])cc1S(=O)(=O)Cl. The van der Waals surface area contributed by atoms with Crippen molar-refractivity contribution in [2.24, 2.45) is 0 Å². The van der Waals surface area contributed by atoms with Crippen molar-refractivity contribution < 1.29 is 22.8 Å². The normalized spacial score (nSPS) is 13.0. The van der Waals surface area contributed by atoms with Gasteiger partial charge in [-0.05, 0) is 19.4 Å². The molecule has 1 atom stereocenters. The van der Waals surface area contributed by atoms with E-state index < -0.39 is 18.9 Å². The second kappa shape index (κ2) is 6.38. The van der Waals surface area contributed by atoms with Gasteiger partial charge in [-0.1, -0.05) is 0 Å². The quantitative estimate of drug-likeness (QED) is 0.452. The summed E-state index contributed by atoms with van der Waals surface area (Å²) in [6.07, 6.45) is -0.268. The first-order valence-corrected chi connectivity index (χ1v) is 7.87. The van der Waals surface area contributed by atoms with Crippen LogP contribution >= 0.6 is 10.7 Å². The Kier molecular flexibility index (Phi) is 5.32. The zero-order valence-corrected chi connectivity index (χ0v) is 12.7. The molecule has 1 unspecified atom stereocenters. The summed E-state index contributed by atoms with van der Waals surface area (Å²) in [6.45, 7) is 3.33. The highest BCUT2D eigenvalue weighted by Gasteiger charge is 2.24. The fourth-order valence-electron chi connectivity index (χ4n) is 1.46. The van der Waals surface area contributed by atoms with Gasteiger partial charge in [0.25, 0.3) is 14.7 Å². The van der Waals surface area contributed by atoms with E-state index in [1.807, 2.05) is 0 Å². The van der Waals surface area contributed by atoms with Crippen LogP contribution in [0.2, 0.25) is 0 Å². The van der Waals surface area contributed by atoms with Crippen LogP contribution in [0, 0.1) is 17.0 Å². The average Bonchev–Trinajstić information content (AvgIpc) is 2.34. The van der Waals surface area contributed by atoms with Crippen molar-refractivity contribution in [1.29, 1.82) is 0 Å². The van der Waals surface area contributed by atoms with E-state index >= 15 is 0 Å². The standard InChI is InChI=1S/C11H14ClNO6S/c1-7-4-9(13(14)15)5-10(20(12,16)17)11(7)19-6-8(2)18-3/h4-5,8H,6H2,1-3H3. The van der Waals surface area contributed by atoms with E-state index in [1.165, 1.54) is 20.1 Å². The minimum absolute atomic E-state index is 0.00509. The van der Waals surface area contributed by atoms with Crippen LogP contribution in [0.5, 0.6) is 5.75 Å². The van der Waals surface area contributed by atoms with E-state index in [-0.39, 0.29) is 24.1 Å². The predicted octanol–water partition coefficient (Wildman–Crippen LogP) is 2.24. The van der Waals surface area contributed by atoms with Crippen LogP contribution in [0.15, 0.2) is 17.0 Å². The van der Waals surface area contributed by atoms with Gasteiger partial charge in [-0.15, -0.1) is 0 Å². The van der Waals surface area contributed by atoms with Gasteiger partial charge in [0.15, 0.2) is 0 Å². The number of methoxy groups -OCH3 is 1. The number of benzene rings is 1. The smallest absolute Gasteiger partial charge is 0.271 e. The van der Waals surface area contributed by atoms with Crippen LogP contribution in [-0.4, -0.2) is 33.2 Å². The Labute approximate surface area is 121 Å². The van der Waals surface area contributed by atoms with Crippen molar-refractivity contribution in [3.63, 3.8) is 0 Å². The molecule has 0 aromatic heterocycles. The molecule has 112 valence electrons. The van der Waals surface area contributed by atoms with Crippen LogP contribution in [0.1, 0.15) is 12.5 Å². The first-order chi connectivity index (χ1) is 9.16. The third-order valence-electron chi connectivity index (χ3n) is 2.56. The minimum atomic E-state index is -4.16. The number of nitro groups is 1. The molecule has 0 aliphatic heterocycles. The summed E-state index contributed by atoms with van der Waals surface area (Å²) >= 11 is 0. The lowest BCUT2D eigenvalue weighted by Crippen LogP contribution is -2.17. The number of hydrogen-bond donors (Lipinski definition) is 0. The molecule has 20 heavy (non-hydrogen) atoms. The van der Waals surface area contributed by atoms with Crippen molar-refractivity contribution in [2.45, 2.75) is 24.8 Å². The first-order valence-electron chi connectivity index (χ1n) is 5.56. The summed E-state index contributed by atoms with van der Waals surface area (Å²) in [5, 5.41) is 10.8. The largest absolute Gasteiger partial charge is 0.489 e. The van der Waals surface area contributed by atoms with Crippen molar-refractivity contribution in [1.82, 2.24) is 0 Å². The lowest BCUT2D eigenvalue weighted by Gasteiger charge is -2.15. The molecule has 0 aliphatic carbocycles. The predicted molar refractivity (Wildman–Crippen MR) is 72.8 cm³/mol. The Bertz CT molecular complexity index is 616. The summed E-state index contributed by atoms with van der Waals surface area (Å²) in [5.74, 6) is -0.00509. The maximum absolute atomic E-state index is 11.5. The zero-order chi connectivity index (χ0) is 15.5. The van der Waals surface area contributed by atoms with Gasteiger partial charge in [-0.3, -0.25) is 10.1 Å². The van der Waals surface area contributed by atoms with E-state index in [4.69, 9.17) is 20.2 Å². The molecule has 0 N–H and O–H groups in total. The molecule has 0 aliphatic rings. The fraction of sp³-hybridized carbons (Fsp3) is 0.455. The summed E-state index contributed by atoms with van der Waals surface area (Å²) in [7, 11) is 2.62. The third kappa shape index (κ3) is 4.06. The van der Waals surface area contributed by atoms with Crippen molar-refractivity contribution >= 4 is 25.4 Å². The second-order valence-corrected chi connectivity index (χ2v) is 6.68. The molecule has 0 amide bonds. The average molecular weight is 324 g/mol. The summed E-state index contributed by atoms with van der Waals surface area (Å²) in [5.41, 5.74) is -0.0596.